The minimum absolute atomic E-state index is 0.244. The first-order chi connectivity index (χ1) is 13.6. The molecule has 3 aromatic rings. The third-order valence-corrected chi connectivity index (χ3v) is 5.23. The topological polar surface area (TPSA) is 86.5 Å². The number of nitrogens with one attached hydrogen (secondary N) is 1. The van der Waals surface area contributed by atoms with Crippen molar-refractivity contribution in [3.63, 3.8) is 0 Å². The van der Waals surface area contributed by atoms with Crippen LogP contribution in [0.1, 0.15) is 15.9 Å². The molecule has 0 fully saturated rings. The number of pyridine rings is 1. The van der Waals surface area contributed by atoms with Crippen LogP contribution in [0.15, 0.2) is 65.8 Å². The van der Waals surface area contributed by atoms with Gasteiger partial charge >= 0.3 is 0 Å². The second-order valence-corrected chi connectivity index (χ2v) is 6.94. The summed E-state index contributed by atoms with van der Waals surface area (Å²) in [4.78, 5) is 17.6. The van der Waals surface area contributed by atoms with Crippen molar-refractivity contribution in [3.8, 4) is 11.5 Å². The number of carbonyl (C=O) groups excluding carboxylic acids is 1. The molecular formula is C21H21N3O3S. The largest absolute Gasteiger partial charge is 0.497 e. The van der Waals surface area contributed by atoms with Crippen LogP contribution < -0.4 is 20.5 Å². The Morgan fingerprint density at radius 2 is 1.89 bits per heavy atom. The number of nitrogens with zero attached hydrogens (tertiary/aromatic N) is 1. The van der Waals surface area contributed by atoms with Crippen molar-refractivity contribution >= 4 is 29.0 Å². The number of benzene rings is 2. The van der Waals surface area contributed by atoms with Crippen LogP contribution in [0.25, 0.3) is 0 Å². The van der Waals surface area contributed by atoms with E-state index < -0.39 is 0 Å². The first-order valence-corrected chi connectivity index (χ1v) is 9.54. The zero-order chi connectivity index (χ0) is 19.9. The number of carbonyl (C=O) groups is 1. The molecule has 0 aliphatic heterocycles. The van der Waals surface area contributed by atoms with E-state index in [1.54, 1.807) is 49.5 Å². The van der Waals surface area contributed by atoms with Crippen molar-refractivity contribution in [2.75, 3.05) is 25.3 Å². The van der Waals surface area contributed by atoms with Crippen LogP contribution in [0.2, 0.25) is 0 Å². The normalized spacial score (nSPS) is 10.4. The summed E-state index contributed by atoms with van der Waals surface area (Å²) in [6.45, 7) is 0. The Morgan fingerprint density at radius 1 is 1.11 bits per heavy atom. The number of amides is 1. The van der Waals surface area contributed by atoms with Gasteiger partial charge in [-0.15, -0.1) is 11.8 Å². The molecule has 0 unspecified atom stereocenters. The number of nitrogen functional groups attached to an aromatic ring is 1. The van der Waals surface area contributed by atoms with Gasteiger partial charge < -0.3 is 20.5 Å². The van der Waals surface area contributed by atoms with Gasteiger partial charge in [-0.3, -0.25) is 9.78 Å². The van der Waals surface area contributed by atoms with Gasteiger partial charge in [0.2, 0.25) is 0 Å². The summed E-state index contributed by atoms with van der Waals surface area (Å²) in [5.74, 6) is 1.62. The van der Waals surface area contributed by atoms with Gasteiger partial charge in [0.05, 0.1) is 31.7 Å². The predicted octanol–water partition coefficient (Wildman–Crippen LogP) is 4.23. The van der Waals surface area contributed by atoms with Crippen LogP contribution >= 0.6 is 11.8 Å². The monoisotopic (exact) mass is 395 g/mol. The maximum Gasteiger partial charge on any atom is 0.259 e. The van der Waals surface area contributed by atoms with E-state index in [0.717, 1.165) is 16.2 Å². The van der Waals surface area contributed by atoms with E-state index in [1.165, 1.54) is 7.11 Å². The van der Waals surface area contributed by atoms with Crippen LogP contribution in [-0.4, -0.2) is 25.1 Å². The zero-order valence-electron chi connectivity index (χ0n) is 15.6. The lowest BCUT2D eigenvalue weighted by molar-refractivity contribution is 0.102. The third-order valence-electron chi connectivity index (χ3n) is 4.07. The molecule has 28 heavy (non-hydrogen) atoms. The van der Waals surface area contributed by atoms with Gasteiger partial charge in [-0.2, -0.15) is 0 Å². The molecule has 3 N–H and O–H groups in total. The highest BCUT2D eigenvalue weighted by molar-refractivity contribution is 7.98. The lowest BCUT2D eigenvalue weighted by atomic mass is 10.1. The second-order valence-electron chi connectivity index (χ2n) is 5.92. The number of thioether (sulfide) groups is 1. The van der Waals surface area contributed by atoms with Crippen LogP contribution in [-0.2, 0) is 5.75 Å². The van der Waals surface area contributed by atoms with Gasteiger partial charge in [-0.25, -0.2) is 0 Å². The average Bonchev–Trinajstić information content (AvgIpc) is 2.73. The summed E-state index contributed by atoms with van der Waals surface area (Å²) in [5.41, 5.74) is 8.86. The maximum absolute atomic E-state index is 12.6. The molecule has 0 atom stereocenters. The van der Waals surface area contributed by atoms with Crippen molar-refractivity contribution in [2.45, 2.75) is 10.6 Å². The molecule has 144 valence electrons. The fraction of sp³-hybridized carbons (Fsp3) is 0.143. The third kappa shape index (κ3) is 4.75. The average molecular weight is 395 g/mol. The van der Waals surface area contributed by atoms with Gasteiger partial charge in [-0.1, -0.05) is 12.1 Å². The SMILES string of the molecule is COc1ccc(C(=O)Nc2ccc(CSc3ccncc3N)cc2)c(OC)c1. The first-order valence-electron chi connectivity index (χ1n) is 8.55. The van der Waals surface area contributed by atoms with Crippen molar-refractivity contribution in [2.24, 2.45) is 0 Å². The highest BCUT2D eigenvalue weighted by Crippen LogP contribution is 2.28. The van der Waals surface area contributed by atoms with Crippen molar-refractivity contribution in [1.82, 2.24) is 4.98 Å². The fourth-order valence-corrected chi connectivity index (χ4v) is 3.45. The van der Waals surface area contributed by atoms with E-state index in [0.29, 0.717) is 28.4 Å². The Labute approximate surface area is 168 Å². The molecule has 0 aliphatic rings. The van der Waals surface area contributed by atoms with Crippen LogP contribution in [0.3, 0.4) is 0 Å². The first kappa shape index (κ1) is 19.6. The zero-order valence-corrected chi connectivity index (χ0v) is 16.5. The predicted molar refractivity (Wildman–Crippen MR) is 112 cm³/mol. The minimum Gasteiger partial charge on any atom is -0.497 e. The Bertz CT molecular complexity index is 961. The van der Waals surface area contributed by atoms with Crippen LogP contribution in [0.4, 0.5) is 11.4 Å². The number of hydrogen-bond acceptors (Lipinski definition) is 6. The number of nitrogens with two attached hydrogens (primary N) is 1. The molecule has 0 bridgehead atoms. The van der Waals surface area contributed by atoms with E-state index in [9.17, 15) is 4.79 Å². The molecule has 1 heterocycles. The summed E-state index contributed by atoms with van der Waals surface area (Å²) in [6.07, 6.45) is 3.37. The number of aromatic nitrogens is 1. The lowest BCUT2D eigenvalue weighted by Gasteiger charge is -2.11. The molecule has 0 saturated carbocycles. The lowest BCUT2D eigenvalue weighted by Crippen LogP contribution is -2.13. The molecule has 3 rings (SSSR count). The van der Waals surface area contributed by atoms with E-state index in [-0.39, 0.29) is 5.91 Å². The van der Waals surface area contributed by atoms with E-state index in [1.807, 2.05) is 30.3 Å². The standard InChI is InChI=1S/C21H21N3O3S/c1-26-16-7-8-17(19(11-16)27-2)21(25)24-15-5-3-14(4-6-15)13-28-20-9-10-23-12-18(20)22/h3-12H,13,22H2,1-2H3,(H,24,25). The Morgan fingerprint density at radius 3 is 2.57 bits per heavy atom. The number of anilines is 2. The maximum atomic E-state index is 12.6. The van der Waals surface area contributed by atoms with Gasteiger partial charge in [-0.05, 0) is 35.9 Å². The molecule has 1 aromatic heterocycles. The minimum atomic E-state index is -0.244. The van der Waals surface area contributed by atoms with E-state index >= 15 is 0 Å². The van der Waals surface area contributed by atoms with Gasteiger partial charge in [0.25, 0.3) is 5.91 Å². The summed E-state index contributed by atoms with van der Waals surface area (Å²) < 4.78 is 10.5. The summed E-state index contributed by atoms with van der Waals surface area (Å²) in [5, 5.41) is 2.89. The molecule has 1 amide bonds. The summed E-state index contributed by atoms with van der Waals surface area (Å²) in [6, 6.07) is 14.7. The summed E-state index contributed by atoms with van der Waals surface area (Å²) in [7, 11) is 3.09. The number of methoxy groups -OCH3 is 2. The summed E-state index contributed by atoms with van der Waals surface area (Å²) >= 11 is 1.64. The molecule has 7 heteroatoms. The Kier molecular flexibility index (Phi) is 6.39. The fourth-order valence-electron chi connectivity index (χ4n) is 2.56. The van der Waals surface area contributed by atoms with Crippen molar-refractivity contribution in [1.29, 1.82) is 0 Å². The second kappa shape index (κ2) is 9.14. The number of ether oxygens (including phenoxy) is 2. The Hall–Kier alpha value is -3.19. The molecule has 6 nitrogen and oxygen atoms in total. The highest BCUT2D eigenvalue weighted by Gasteiger charge is 2.13. The van der Waals surface area contributed by atoms with Gasteiger partial charge in [0.15, 0.2) is 0 Å². The van der Waals surface area contributed by atoms with Crippen molar-refractivity contribution in [3.05, 3.63) is 72.1 Å². The molecular weight excluding hydrogens is 374 g/mol. The molecule has 0 radical (unpaired) electrons. The molecule has 0 spiro atoms. The van der Waals surface area contributed by atoms with E-state index in [2.05, 4.69) is 10.3 Å². The van der Waals surface area contributed by atoms with Crippen molar-refractivity contribution < 1.29 is 14.3 Å². The van der Waals surface area contributed by atoms with Gasteiger partial charge in [0.1, 0.15) is 11.5 Å². The molecule has 0 aliphatic carbocycles. The quantitative estimate of drug-likeness (QED) is 0.583. The van der Waals surface area contributed by atoms with E-state index in [4.69, 9.17) is 15.2 Å². The van der Waals surface area contributed by atoms with Crippen LogP contribution in [0, 0.1) is 0 Å². The number of hydrogen-bond donors (Lipinski definition) is 2. The molecule has 0 saturated heterocycles. The smallest absolute Gasteiger partial charge is 0.259 e. The number of rotatable bonds is 7. The van der Waals surface area contributed by atoms with Crippen LogP contribution in [0.5, 0.6) is 11.5 Å². The van der Waals surface area contributed by atoms with Gasteiger partial charge in [0, 0.05) is 28.6 Å². The Balaban J connectivity index is 1.64. The molecule has 2 aromatic carbocycles. The highest BCUT2D eigenvalue weighted by atomic mass is 32.2.